The summed E-state index contributed by atoms with van der Waals surface area (Å²) in [4.78, 5) is 21.7. The van der Waals surface area contributed by atoms with Gasteiger partial charge in [-0.2, -0.15) is 0 Å². The van der Waals surface area contributed by atoms with Gasteiger partial charge in [0.05, 0.1) is 0 Å². The van der Waals surface area contributed by atoms with Crippen LogP contribution in [0.1, 0.15) is 77.6 Å². The summed E-state index contributed by atoms with van der Waals surface area (Å²) in [5, 5.41) is 0. The lowest BCUT2D eigenvalue weighted by Gasteiger charge is -2.14. The molecule has 1 unspecified atom stereocenters. The van der Waals surface area contributed by atoms with Gasteiger partial charge in [-0.15, -0.1) is 0 Å². The summed E-state index contributed by atoms with van der Waals surface area (Å²) in [6.07, 6.45) is 11.1. The van der Waals surface area contributed by atoms with E-state index in [1.807, 2.05) is 0 Å². The highest BCUT2D eigenvalue weighted by Gasteiger charge is 2.12. The highest BCUT2D eigenvalue weighted by molar-refractivity contribution is 5.74. The average molecular weight is 270 g/mol. The van der Waals surface area contributed by atoms with Crippen LogP contribution in [0.2, 0.25) is 0 Å². The molecule has 0 rings (SSSR count). The number of hydrogen-bond donors (Lipinski definition) is 2. The van der Waals surface area contributed by atoms with Crippen LogP contribution >= 0.6 is 0 Å². The van der Waals surface area contributed by atoms with E-state index in [2.05, 4.69) is 6.92 Å². The highest BCUT2D eigenvalue weighted by atomic mass is 16.1. The van der Waals surface area contributed by atoms with E-state index in [0.29, 0.717) is 18.8 Å². The Kier molecular flexibility index (Phi) is 11.3. The zero-order valence-corrected chi connectivity index (χ0v) is 12.3. The Labute approximate surface area is 117 Å². The van der Waals surface area contributed by atoms with Gasteiger partial charge < -0.3 is 11.5 Å². The smallest absolute Gasteiger partial charge is 0.217 e. The predicted molar refractivity (Wildman–Crippen MR) is 78.3 cm³/mol. The van der Waals surface area contributed by atoms with Crippen LogP contribution in [0.15, 0.2) is 0 Å². The molecule has 0 heterocycles. The van der Waals surface area contributed by atoms with Crippen molar-refractivity contribution in [3.63, 3.8) is 0 Å². The van der Waals surface area contributed by atoms with E-state index < -0.39 is 0 Å². The van der Waals surface area contributed by atoms with Crippen molar-refractivity contribution in [1.29, 1.82) is 0 Å². The summed E-state index contributed by atoms with van der Waals surface area (Å²) in [6, 6.07) is 0. The van der Waals surface area contributed by atoms with Crippen LogP contribution < -0.4 is 11.5 Å². The van der Waals surface area contributed by atoms with Crippen LogP contribution in [0.4, 0.5) is 0 Å². The lowest BCUT2D eigenvalue weighted by molar-refractivity contribution is -0.119. The minimum atomic E-state index is -0.266. The SMILES string of the molecule is CCCCCCCCC(CCCC(N)=O)CC(N)=O. The molecule has 4 N–H and O–H groups in total. The maximum atomic E-state index is 11.0. The average Bonchev–Trinajstić information content (AvgIpc) is 2.32. The molecule has 0 radical (unpaired) electrons. The second kappa shape index (κ2) is 12.0. The lowest BCUT2D eigenvalue weighted by atomic mass is 9.92. The number of carbonyl (C=O) groups excluding carboxylic acids is 2. The second-order valence-corrected chi connectivity index (χ2v) is 5.45. The minimum Gasteiger partial charge on any atom is -0.370 e. The summed E-state index contributed by atoms with van der Waals surface area (Å²) >= 11 is 0. The second-order valence-electron chi connectivity index (χ2n) is 5.45. The summed E-state index contributed by atoms with van der Waals surface area (Å²) < 4.78 is 0. The van der Waals surface area contributed by atoms with Gasteiger partial charge in [0, 0.05) is 12.8 Å². The Morgan fingerprint density at radius 3 is 2.00 bits per heavy atom. The molecule has 0 spiro atoms. The number of nitrogens with two attached hydrogens (primary N) is 2. The van der Waals surface area contributed by atoms with Gasteiger partial charge in [0.2, 0.25) is 11.8 Å². The molecule has 0 aliphatic heterocycles. The topological polar surface area (TPSA) is 86.2 Å². The van der Waals surface area contributed by atoms with Crippen molar-refractivity contribution >= 4 is 11.8 Å². The van der Waals surface area contributed by atoms with E-state index >= 15 is 0 Å². The van der Waals surface area contributed by atoms with Gasteiger partial charge in [-0.1, -0.05) is 45.4 Å². The standard InChI is InChI=1S/C15H30N2O2/c1-2-3-4-5-6-7-9-13(12-15(17)19)10-8-11-14(16)18/h13H,2-12H2,1H3,(H2,16,18)(H2,17,19). The molecule has 1 atom stereocenters. The first-order valence-corrected chi connectivity index (χ1v) is 7.62. The van der Waals surface area contributed by atoms with Crippen molar-refractivity contribution < 1.29 is 9.59 Å². The van der Waals surface area contributed by atoms with Crippen LogP contribution in [0, 0.1) is 5.92 Å². The number of carbonyl (C=O) groups is 2. The Bertz CT molecular complexity index is 255. The Morgan fingerprint density at radius 1 is 0.842 bits per heavy atom. The van der Waals surface area contributed by atoms with E-state index in [9.17, 15) is 9.59 Å². The van der Waals surface area contributed by atoms with Gasteiger partial charge in [-0.25, -0.2) is 0 Å². The summed E-state index contributed by atoms with van der Waals surface area (Å²) in [5.41, 5.74) is 10.4. The molecule has 0 aliphatic carbocycles. The summed E-state index contributed by atoms with van der Waals surface area (Å²) in [6.45, 7) is 2.21. The van der Waals surface area contributed by atoms with Crippen LogP contribution in [0.5, 0.6) is 0 Å². The maximum Gasteiger partial charge on any atom is 0.217 e. The van der Waals surface area contributed by atoms with Gasteiger partial charge in [-0.3, -0.25) is 9.59 Å². The lowest BCUT2D eigenvalue weighted by Crippen LogP contribution is -2.17. The number of primary amides is 2. The third-order valence-corrected chi connectivity index (χ3v) is 3.49. The van der Waals surface area contributed by atoms with Crippen LogP contribution in [-0.2, 0) is 9.59 Å². The fraction of sp³-hybridized carbons (Fsp3) is 0.867. The molecular weight excluding hydrogens is 240 g/mol. The van der Waals surface area contributed by atoms with Crippen molar-refractivity contribution in [3.8, 4) is 0 Å². The van der Waals surface area contributed by atoms with Crippen molar-refractivity contribution in [2.24, 2.45) is 17.4 Å². The molecule has 0 fully saturated rings. The van der Waals surface area contributed by atoms with E-state index in [4.69, 9.17) is 11.5 Å². The molecule has 0 aromatic heterocycles. The first-order chi connectivity index (χ1) is 9.06. The van der Waals surface area contributed by atoms with E-state index in [1.54, 1.807) is 0 Å². The van der Waals surface area contributed by atoms with Crippen LogP contribution in [-0.4, -0.2) is 11.8 Å². The first-order valence-electron chi connectivity index (χ1n) is 7.62. The van der Waals surface area contributed by atoms with Gasteiger partial charge in [0.25, 0.3) is 0 Å². The van der Waals surface area contributed by atoms with E-state index in [0.717, 1.165) is 25.7 Å². The van der Waals surface area contributed by atoms with Gasteiger partial charge in [0.15, 0.2) is 0 Å². The highest BCUT2D eigenvalue weighted by Crippen LogP contribution is 2.20. The molecule has 4 heteroatoms. The van der Waals surface area contributed by atoms with Crippen molar-refractivity contribution in [1.82, 2.24) is 0 Å². The van der Waals surface area contributed by atoms with E-state index in [-0.39, 0.29) is 11.8 Å². The zero-order chi connectivity index (χ0) is 14.5. The van der Waals surface area contributed by atoms with Crippen molar-refractivity contribution in [2.75, 3.05) is 0 Å². The minimum absolute atomic E-state index is 0.241. The van der Waals surface area contributed by atoms with Gasteiger partial charge in [-0.05, 0) is 25.2 Å². The first kappa shape index (κ1) is 17.9. The molecule has 19 heavy (non-hydrogen) atoms. The summed E-state index contributed by atoms with van der Waals surface area (Å²) in [7, 11) is 0. The number of unbranched alkanes of at least 4 members (excludes halogenated alkanes) is 5. The fourth-order valence-electron chi connectivity index (χ4n) is 2.41. The van der Waals surface area contributed by atoms with Crippen molar-refractivity contribution in [2.45, 2.75) is 77.6 Å². The molecule has 0 saturated heterocycles. The Balaban J connectivity index is 3.73. The quantitative estimate of drug-likeness (QED) is 0.504. The Hall–Kier alpha value is -1.06. The van der Waals surface area contributed by atoms with Gasteiger partial charge in [0.1, 0.15) is 0 Å². The molecule has 0 bridgehead atoms. The maximum absolute atomic E-state index is 11.0. The Morgan fingerprint density at radius 2 is 1.42 bits per heavy atom. The molecule has 0 aromatic rings. The number of rotatable bonds is 13. The predicted octanol–water partition coefficient (Wildman–Crippen LogP) is 2.88. The monoisotopic (exact) mass is 270 g/mol. The van der Waals surface area contributed by atoms with Crippen LogP contribution in [0.3, 0.4) is 0 Å². The van der Waals surface area contributed by atoms with Crippen molar-refractivity contribution in [3.05, 3.63) is 0 Å². The molecule has 112 valence electrons. The molecule has 4 nitrogen and oxygen atoms in total. The normalized spacial score (nSPS) is 12.3. The molecule has 2 amide bonds. The third-order valence-electron chi connectivity index (χ3n) is 3.49. The number of hydrogen-bond acceptors (Lipinski definition) is 2. The zero-order valence-electron chi connectivity index (χ0n) is 12.3. The van der Waals surface area contributed by atoms with E-state index in [1.165, 1.54) is 32.1 Å². The third kappa shape index (κ3) is 13.2. The summed E-state index contributed by atoms with van der Waals surface area (Å²) in [5.74, 6) is -0.185. The molecule has 0 aliphatic rings. The molecule has 0 saturated carbocycles. The largest absolute Gasteiger partial charge is 0.370 e. The number of amides is 2. The van der Waals surface area contributed by atoms with Gasteiger partial charge >= 0.3 is 0 Å². The molecule has 0 aromatic carbocycles. The van der Waals surface area contributed by atoms with Crippen LogP contribution in [0.25, 0.3) is 0 Å². The fourth-order valence-corrected chi connectivity index (χ4v) is 2.41. The molecular formula is C15H30N2O2.